The van der Waals surface area contributed by atoms with Crippen molar-refractivity contribution in [1.82, 2.24) is 25.1 Å². The van der Waals surface area contributed by atoms with Crippen LogP contribution in [0.1, 0.15) is 17.9 Å². The van der Waals surface area contributed by atoms with Gasteiger partial charge in [0.15, 0.2) is 0 Å². The van der Waals surface area contributed by atoms with Gasteiger partial charge in [-0.3, -0.25) is 0 Å². The predicted molar refractivity (Wildman–Crippen MR) is 92.3 cm³/mol. The van der Waals surface area contributed by atoms with Gasteiger partial charge in [-0.2, -0.15) is 4.98 Å². The van der Waals surface area contributed by atoms with Gasteiger partial charge in [0, 0.05) is 18.0 Å². The monoisotopic (exact) mass is 342 g/mol. The van der Waals surface area contributed by atoms with Crippen molar-refractivity contribution < 1.29 is 4.52 Å². The van der Waals surface area contributed by atoms with E-state index in [-0.39, 0.29) is 0 Å². The Labute approximate surface area is 142 Å². The van der Waals surface area contributed by atoms with Crippen LogP contribution in [0.25, 0.3) is 22.1 Å². The molecule has 0 fully saturated rings. The standard InChI is InChI=1S/C16H15ClN6O/c1-9-14-15(19-8-20-16(14)24-23-9)18-6-2-3-13-21-11-5-4-10(17)7-12(11)22-13/h4-5,7-8H,2-3,6H2,1H3,(H,21,22)(H,18,19,20). The highest BCUT2D eigenvalue weighted by molar-refractivity contribution is 6.31. The van der Waals surface area contributed by atoms with E-state index in [0.717, 1.165) is 53.1 Å². The number of hydrogen-bond acceptors (Lipinski definition) is 6. The van der Waals surface area contributed by atoms with Crippen LogP contribution in [0, 0.1) is 6.92 Å². The van der Waals surface area contributed by atoms with Gasteiger partial charge in [-0.05, 0) is 31.5 Å². The minimum absolute atomic E-state index is 0.499. The van der Waals surface area contributed by atoms with E-state index >= 15 is 0 Å². The number of hydrogen-bond donors (Lipinski definition) is 2. The first-order chi connectivity index (χ1) is 11.7. The molecule has 3 aromatic heterocycles. The summed E-state index contributed by atoms with van der Waals surface area (Å²) in [4.78, 5) is 16.2. The molecule has 0 unspecified atom stereocenters. The largest absolute Gasteiger partial charge is 0.369 e. The molecule has 8 heteroatoms. The van der Waals surface area contributed by atoms with Crippen LogP contribution < -0.4 is 5.32 Å². The Bertz CT molecular complexity index is 1010. The van der Waals surface area contributed by atoms with Crippen molar-refractivity contribution in [3.8, 4) is 0 Å². The molecule has 0 aliphatic heterocycles. The summed E-state index contributed by atoms with van der Waals surface area (Å²) in [6.45, 7) is 2.63. The molecular formula is C16H15ClN6O. The molecular weight excluding hydrogens is 328 g/mol. The summed E-state index contributed by atoms with van der Waals surface area (Å²) >= 11 is 5.99. The number of H-pyrrole nitrogens is 1. The predicted octanol–water partition coefficient (Wildman–Crippen LogP) is 3.50. The van der Waals surface area contributed by atoms with Crippen molar-refractivity contribution in [2.75, 3.05) is 11.9 Å². The van der Waals surface area contributed by atoms with Crippen LogP contribution in [0.4, 0.5) is 5.82 Å². The number of fused-ring (bicyclic) bond motifs is 2. The summed E-state index contributed by atoms with van der Waals surface area (Å²) in [5.74, 6) is 1.69. The number of anilines is 1. The lowest BCUT2D eigenvalue weighted by Crippen LogP contribution is -2.06. The van der Waals surface area contributed by atoms with E-state index < -0.39 is 0 Å². The number of aromatic nitrogens is 5. The average Bonchev–Trinajstić information content (AvgIpc) is 3.15. The van der Waals surface area contributed by atoms with Crippen molar-refractivity contribution in [1.29, 1.82) is 0 Å². The van der Waals surface area contributed by atoms with Gasteiger partial charge in [0.25, 0.3) is 5.71 Å². The first kappa shape index (κ1) is 14.9. The number of aryl methyl sites for hydroxylation is 2. The Balaban J connectivity index is 1.40. The van der Waals surface area contributed by atoms with Crippen LogP contribution in [-0.2, 0) is 6.42 Å². The van der Waals surface area contributed by atoms with E-state index in [1.54, 1.807) is 0 Å². The van der Waals surface area contributed by atoms with Gasteiger partial charge >= 0.3 is 0 Å². The molecule has 2 N–H and O–H groups in total. The second kappa shape index (κ2) is 6.09. The highest BCUT2D eigenvalue weighted by Crippen LogP contribution is 2.22. The van der Waals surface area contributed by atoms with E-state index in [0.29, 0.717) is 10.7 Å². The molecule has 4 aromatic rings. The fourth-order valence-electron chi connectivity index (χ4n) is 2.67. The fourth-order valence-corrected chi connectivity index (χ4v) is 2.84. The molecule has 24 heavy (non-hydrogen) atoms. The Morgan fingerprint density at radius 2 is 2.21 bits per heavy atom. The number of halogens is 1. The van der Waals surface area contributed by atoms with Crippen LogP contribution in [-0.4, -0.2) is 31.6 Å². The Morgan fingerprint density at radius 1 is 1.29 bits per heavy atom. The van der Waals surface area contributed by atoms with E-state index in [2.05, 4.69) is 30.4 Å². The SMILES string of the molecule is Cc1noc2ncnc(NCCCc3nc4ccc(Cl)cc4[nH]3)c12. The third kappa shape index (κ3) is 2.78. The summed E-state index contributed by atoms with van der Waals surface area (Å²) in [7, 11) is 0. The fraction of sp³-hybridized carbons (Fsp3) is 0.250. The van der Waals surface area contributed by atoms with Crippen LogP contribution in [0.5, 0.6) is 0 Å². The van der Waals surface area contributed by atoms with E-state index in [4.69, 9.17) is 16.1 Å². The highest BCUT2D eigenvalue weighted by Gasteiger charge is 2.11. The maximum absolute atomic E-state index is 5.99. The molecule has 7 nitrogen and oxygen atoms in total. The van der Waals surface area contributed by atoms with Gasteiger partial charge in [-0.15, -0.1) is 0 Å². The number of rotatable bonds is 5. The normalized spacial score (nSPS) is 11.4. The molecule has 0 atom stereocenters. The quantitative estimate of drug-likeness (QED) is 0.539. The molecule has 0 radical (unpaired) electrons. The minimum Gasteiger partial charge on any atom is -0.369 e. The maximum Gasteiger partial charge on any atom is 0.263 e. The van der Waals surface area contributed by atoms with Gasteiger partial charge in [0.2, 0.25) is 0 Å². The van der Waals surface area contributed by atoms with Crippen molar-refractivity contribution >= 4 is 39.6 Å². The van der Waals surface area contributed by atoms with E-state index in [1.807, 2.05) is 25.1 Å². The number of nitrogens with zero attached hydrogens (tertiary/aromatic N) is 4. The minimum atomic E-state index is 0.499. The Kier molecular flexibility index (Phi) is 3.78. The molecule has 0 bridgehead atoms. The summed E-state index contributed by atoms with van der Waals surface area (Å²) < 4.78 is 5.14. The second-order valence-electron chi connectivity index (χ2n) is 5.55. The number of imidazole rings is 1. The zero-order valence-electron chi connectivity index (χ0n) is 13.0. The summed E-state index contributed by atoms with van der Waals surface area (Å²) in [5, 5.41) is 8.77. The molecule has 0 saturated carbocycles. The highest BCUT2D eigenvalue weighted by atomic mass is 35.5. The lowest BCUT2D eigenvalue weighted by Gasteiger charge is -2.05. The van der Waals surface area contributed by atoms with Crippen LogP contribution in [0.15, 0.2) is 29.0 Å². The van der Waals surface area contributed by atoms with Gasteiger partial charge in [-0.1, -0.05) is 16.8 Å². The topological polar surface area (TPSA) is 92.5 Å². The first-order valence-electron chi connectivity index (χ1n) is 7.66. The van der Waals surface area contributed by atoms with Gasteiger partial charge < -0.3 is 14.8 Å². The number of aromatic amines is 1. The molecule has 122 valence electrons. The van der Waals surface area contributed by atoms with Crippen molar-refractivity contribution in [3.05, 3.63) is 41.1 Å². The molecule has 4 rings (SSSR count). The third-order valence-electron chi connectivity index (χ3n) is 3.82. The zero-order valence-corrected chi connectivity index (χ0v) is 13.8. The molecule has 1 aromatic carbocycles. The van der Waals surface area contributed by atoms with Crippen LogP contribution in [0.2, 0.25) is 5.02 Å². The Morgan fingerprint density at radius 3 is 3.12 bits per heavy atom. The third-order valence-corrected chi connectivity index (χ3v) is 4.05. The molecule has 0 aliphatic carbocycles. The van der Waals surface area contributed by atoms with Crippen molar-refractivity contribution in [2.24, 2.45) is 0 Å². The number of nitrogens with one attached hydrogen (secondary N) is 2. The molecule has 0 amide bonds. The van der Waals surface area contributed by atoms with Gasteiger partial charge in [-0.25, -0.2) is 9.97 Å². The second-order valence-corrected chi connectivity index (χ2v) is 5.98. The van der Waals surface area contributed by atoms with Crippen molar-refractivity contribution in [2.45, 2.75) is 19.8 Å². The van der Waals surface area contributed by atoms with Gasteiger partial charge in [0.05, 0.1) is 16.7 Å². The maximum atomic E-state index is 5.99. The lowest BCUT2D eigenvalue weighted by atomic mass is 10.2. The van der Waals surface area contributed by atoms with E-state index in [1.165, 1.54) is 6.33 Å². The van der Waals surface area contributed by atoms with Crippen LogP contribution in [0.3, 0.4) is 0 Å². The summed E-state index contributed by atoms with van der Waals surface area (Å²) in [5.41, 5.74) is 3.17. The van der Waals surface area contributed by atoms with Gasteiger partial charge in [0.1, 0.15) is 23.4 Å². The summed E-state index contributed by atoms with van der Waals surface area (Å²) in [6, 6.07) is 5.65. The van der Waals surface area contributed by atoms with Crippen molar-refractivity contribution in [3.63, 3.8) is 0 Å². The molecule has 0 saturated heterocycles. The van der Waals surface area contributed by atoms with E-state index in [9.17, 15) is 0 Å². The lowest BCUT2D eigenvalue weighted by molar-refractivity contribution is 0.442. The molecule has 3 heterocycles. The molecule has 0 spiro atoms. The zero-order chi connectivity index (χ0) is 16.5. The number of benzene rings is 1. The smallest absolute Gasteiger partial charge is 0.263 e. The first-order valence-corrected chi connectivity index (χ1v) is 8.03. The average molecular weight is 343 g/mol. The van der Waals surface area contributed by atoms with Crippen LogP contribution >= 0.6 is 11.6 Å². The summed E-state index contributed by atoms with van der Waals surface area (Å²) in [6.07, 6.45) is 3.21. The Hall–Kier alpha value is -2.67. The molecule has 0 aliphatic rings.